The molecule has 2 aromatic carbocycles. The van der Waals surface area contributed by atoms with Crippen molar-refractivity contribution in [2.24, 2.45) is 5.73 Å². The monoisotopic (exact) mass is 808 g/mol. The van der Waals surface area contributed by atoms with E-state index in [4.69, 9.17) is 30.9 Å². The third kappa shape index (κ3) is 14.2. The summed E-state index contributed by atoms with van der Waals surface area (Å²) < 4.78 is 91.1. The number of hydrogen-bond donors (Lipinski definition) is 7. The Kier molecular flexibility index (Phi) is 16.6. The number of carboxylic acid groups (broad SMARTS) is 2. The number of hydrogen-bond acceptors (Lipinski definition) is 9. The van der Waals surface area contributed by atoms with Gasteiger partial charge < -0.3 is 26.6 Å². The van der Waals surface area contributed by atoms with Crippen LogP contribution in [0.4, 0.5) is 38.1 Å². The van der Waals surface area contributed by atoms with Crippen LogP contribution in [0.2, 0.25) is 0 Å². The van der Waals surface area contributed by atoms with E-state index < -0.39 is 40.2 Å². The fraction of sp³-hybridized carbons (Fsp3) is 0.455. The van der Waals surface area contributed by atoms with Gasteiger partial charge in [0.2, 0.25) is 16.0 Å². The van der Waals surface area contributed by atoms with Crippen LogP contribution in [0.3, 0.4) is 0 Å². The molecule has 0 aliphatic heterocycles. The number of carbonyl (C=O) groups is 3. The van der Waals surface area contributed by atoms with E-state index in [-0.39, 0.29) is 28.9 Å². The fourth-order valence-corrected chi connectivity index (χ4v) is 6.84. The summed E-state index contributed by atoms with van der Waals surface area (Å²) in [7, 11) is -3.64. The van der Waals surface area contributed by atoms with Gasteiger partial charge in [-0.1, -0.05) is 38.3 Å². The summed E-state index contributed by atoms with van der Waals surface area (Å²) in [5.41, 5.74) is 7.65. The molecule has 1 heterocycles. The molecule has 1 aromatic heterocycles. The Balaban J connectivity index is 0.000000633. The molecule has 0 radical (unpaired) electrons. The molecular formula is C33H42F6N8O7S. The van der Waals surface area contributed by atoms with Crippen LogP contribution in [-0.2, 0) is 19.6 Å². The molecular weight excluding hydrogens is 766 g/mol. The van der Waals surface area contributed by atoms with Crippen LogP contribution in [0.5, 0.6) is 0 Å². The van der Waals surface area contributed by atoms with E-state index in [1.54, 1.807) is 0 Å². The van der Waals surface area contributed by atoms with E-state index in [0.717, 1.165) is 49.5 Å². The number of fused-ring (bicyclic) bond motifs is 1. The number of anilines is 2. The van der Waals surface area contributed by atoms with Crippen molar-refractivity contribution >= 4 is 56.5 Å². The van der Waals surface area contributed by atoms with Crippen LogP contribution in [0.1, 0.15) is 68.3 Å². The van der Waals surface area contributed by atoms with E-state index in [1.165, 1.54) is 28.6 Å². The zero-order valence-corrected chi connectivity index (χ0v) is 30.7. The van der Waals surface area contributed by atoms with Gasteiger partial charge in [-0.2, -0.15) is 35.6 Å². The van der Waals surface area contributed by atoms with Gasteiger partial charge in [-0.15, -0.1) is 0 Å². The molecule has 1 amide bonds. The molecule has 3 aromatic rings. The molecule has 55 heavy (non-hydrogen) atoms. The predicted molar refractivity (Wildman–Crippen MR) is 190 cm³/mol. The molecule has 2 unspecified atom stereocenters. The molecule has 8 N–H and O–H groups in total. The van der Waals surface area contributed by atoms with Crippen molar-refractivity contribution in [3.8, 4) is 0 Å². The minimum atomic E-state index is -5.08. The normalized spacial score (nSPS) is 15.8. The SMILES string of the molecule is CCCN(CCC)S(=O)(=O)c1ccc(C(=O)Nc2nc(NC3CCCCC3NC(=N)N)c3cc(C)ccc3n2)cc1.O=C(O)C(F)(F)F.O=C(O)C(F)(F)F. The Bertz CT molecular complexity index is 1880. The largest absolute Gasteiger partial charge is 0.490 e. The van der Waals surface area contributed by atoms with Crippen molar-refractivity contribution in [2.45, 2.75) is 88.6 Å². The molecule has 1 aliphatic carbocycles. The molecule has 304 valence electrons. The topological polar surface area (TPSA) is 241 Å². The highest BCUT2D eigenvalue weighted by Gasteiger charge is 2.39. The third-order valence-electron chi connectivity index (χ3n) is 7.69. The van der Waals surface area contributed by atoms with Gasteiger partial charge in [-0.25, -0.2) is 23.0 Å². The van der Waals surface area contributed by atoms with Gasteiger partial charge >= 0.3 is 24.3 Å². The Morgan fingerprint density at radius 3 is 1.87 bits per heavy atom. The summed E-state index contributed by atoms with van der Waals surface area (Å²) in [5, 5.41) is 32.1. The fourth-order valence-electron chi connectivity index (χ4n) is 5.21. The van der Waals surface area contributed by atoms with E-state index in [0.29, 0.717) is 30.0 Å². The number of nitrogens with zero attached hydrogens (tertiary/aromatic N) is 3. The average molecular weight is 809 g/mol. The van der Waals surface area contributed by atoms with Gasteiger partial charge in [0.15, 0.2) is 5.96 Å². The number of alkyl halides is 6. The van der Waals surface area contributed by atoms with E-state index in [2.05, 4.69) is 25.9 Å². The predicted octanol–water partition coefficient (Wildman–Crippen LogP) is 5.47. The summed E-state index contributed by atoms with van der Waals surface area (Å²) in [6.07, 6.45) is -4.88. The lowest BCUT2D eigenvalue weighted by atomic mass is 9.90. The number of halogens is 6. The highest BCUT2D eigenvalue weighted by Crippen LogP contribution is 2.28. The average Bonchev–Trinajstić information content (AvgIpc) is 3.09. The molecule has 0 spiro atoms. The van der Waals surface area contributed by atoms with Crippen molar-refractivity contribution in [1.82, 2.24) is 19.6 Å². The lowest BCUT2D eigenvalue weighted by Gasteiger charge is -2.33. The lowest BCUT2D eigenvalue weighted by Crippen LogP contribution is -2.50. The molecule has 0 saturated heterocycles. The number of sulfonamides is 1. The number of guanidine groups is 1. The van der Waals surface area contributed by atoms with Gasteiger partial charge in [-0.3, -0.25) is 15.5 Å². The van der Waals surface area contributed by atoms with Crippen molar-refractivity contribution in [2.75, 3.05) is 23.7 Å². The van der Waals surface area contributed by atoms with Crippen LogP contribution >= 0.6 is 0 Å². The zero-order chi connectivity index (χ0) is 41.7. The molecule has 22 heteroatoms. The number of rotatable bonds is 11. The first-order valence-corrected chi connectivity index (χ1v) is 18.1. The Morgan fingerprint density at radius 2 is 1.40 bits per heavy atom. The Hall–Kier alpha value is -5.25. The molecule has 1 aliphatic rings. The zero-order valence-electron chi connectivity index (χ0n) is 29.9. The summed E-state index contributed by atoms with van der Waals surface area (Å²) in [5.74, 6) is -5.31. The van der Waals surface area contributed by atoms with Gasteiger partial charge in [0.1, 0.15) is 5.82 Å². The Morgan fingerprint density at radius 1 is 0.891 bits per heavy atom. The number of aromatic nitrogens is 2. The Labute approximate surface area is 312 Å². The van der Waals surface area contributed by atoms with Crippen molar-refractivity contribution in [3.63, 3.8) is 0 Å². The second-order valence-electron chi connectivity index (χ2n) is 12.1. The third-order valence-corrected chi connectivity index (χ3v) is 9.60. The number of amides is 1. The number of nitrogens with one attached hydrogen (secondary N) is 4. The van der Waals surface area contributed by atoms with Gasteiger partial charge in [0, 0.05) is 36.1 Å². The van der Waals surface area contributed by atoms with Gasteiger partial charge in [0.25, 0.3) is 5.91 Å². The summed E-state index contributed by atoms with van der Waals surface area (Å²) in [6.45, 7) is 6.77. The molecule has 1 saturated carbocycles. The van der Waals surface area contributed by atoms with E-state index in [1.807, 2.05) is 39.0 Å². The first-order chi connectivity index (χ1) is 25.5. The lowest BCUT2D eigenvalue weighted by molar-refractivity contribution is -0.193. The number of carboxylic acids is 2. The van der Waals surface area contributed by atoms with Gasteiger partial charge in [-0.05, 0) is 69.0 Å². The summed E-state index contributed by atoms with van der Waals surface area (Å²) in [4.78, 5) is 40.3. The first-order valence-electron chi connectivity index (χ1n) is 16.7. The van der Waals surface area contributed by atoms with Crippen LogP contribution in [0.25, 0.3) is 10.9 Å². The standard InChI is InChI=1S/C29H40N8O3S.2C2HF3O2/c1-4-16-37(17-5-2)41(39,40)21-13-11-20(12-14-21)27(38)36-29-34-23-15-10-19(3)18-22(23)26(35-29)32-24-8-6-7-9-25(24)33-28(30)31;2*3-2(4,5)1(6)7/h10-15,18,24-25H,4-9,16-17H2,1-3H3,(H4,30,31,33)(H2,32,34,35,36,38);2*(H,6,7). The summed E-state index contributed by atoms with van der Waals surface area (Å²) >= 11 is 0. The van der Waals surface area contributed by atoms with E-state index in [9.17, 15) is 39.6 Å². The maximum absolute atomic E-state index is 13.2. The highest BCUT2D eigenvalue weighted by atomic mass is 32.2. The van der Waals surface area contributed by atoms with Crippen LogP contribution < -0.4 is 21.7 Å². The quantitative estimate of drug-likeness (QED) is 0.0725. The van der Waals surface area contributed by atoms with Crippen LogP contribution in [0, 0.1) is 12.3 Å². The number of aryl methyl sites for hydroxylation is 1. The number of nitrogens with two attached hydrogens (primary N) is 1. The minimum Gasteiger partial charge on any atom is -0.475 e. The molecule has 15 nitrogen and oxygen atoms in total. The number of aliphatic carboxylic acids is 2. The number of benzene rings is 2. The van der Waals surface area contributed by atoms with Crippen LogP contribution in [-0.4, -0.2) is 94.2 Å². The highest BCUT2D eigenvalue weighted by molar-refractivity contribution is 7.89. The van der Waals surface area contributed by atoms with Crippen molar-refractivity contribution in [3.05, 3.63) is 53.6 Å². The summed E-state index contributed by atoms with van der Waals surface area (Å²) in [6, 6.07) is 11.7. The smallest absolute Gasteiger partial charge is 0.475 e. The second-order valence-corrected chi connectivity index (χ2v) is 14.0. The molecule has 1 fully saturated rings. The van der Waals surface area contributed by atoms with Crippen molar-refractivity contribution < 1.29 is 59.4 Å². The van der Waals surface area contributed by atoms with Crippen molar-refractivity contribution in [1.29, 1.82) is 5.41 Å². The maximum Gasteiger partial charge on any atom is 0.490 e. The minimum absolute atomic E-state index is 0.00992. The van der Waals surface area contributed by atoms with Gasteiger partial charge in [0.05, 0.1) is 10.4 Å². The number of carbonyl (C=O) groups excluding carboxylic acids is 1. The molecule has 4 rings (SSSR count). The maximum atomic E-state index is 13.2. The second kappa shape index (κ2) is 19.9. The van der Waals surface area contributed by atoms with E-state index >= 15 is 0 Å². The van der Waals surface area contributed by atoms with Crippen LogP contribution in [0.15, 0.2) is 47.4 Å². The molecule has 0 bridgehead atoms. The first kappa shape index (κ1) is 45.9. The molecule has 2 atom stereocenters.